The predicted molar refractivity (Wildman–Crippen MR) is 87.4 cm³/mol. The van der Waals surface area contributed by atoms with Gasteiger partial charge in [0.25, 0.3) is 0 Å². The minimum atomic E-state index is -0.215. The van der Waals surface area contributed by atoms with Gasteiger partial charge in [0.1, 0.15) is 0 Å². The molecule has 0 unspecified atom stereocenters. The Balaban J connectivity index is 1.70. The van der Waals surface area contributed by atoms with Crippen LogP contribution >= 0.6 is 0 Å². The quantitative estimate of drug-likeness (QED) is 0.751. The van der Waals surface area contributed by atoms with E-state index in [-0.39, 0.29) is 23.6 Å². The lowest BCUT2D eigenvalue weighted by atomic mass is 9.45. The number of hydrogen-bond acceptors (Lipinski definition) is 2. The molecule has 1 saturated carbocycles. The molecule has 1 saturated heterocycles. The Bertz CT molecular complexity index is 475. The zero-order valence-electron chi connectivity index (χ0n) is 13.8. The highest BCUT2D eigenvalue weighted by atomic mass is 16.7. The van der Waals surface area contributed by atoms with Gasteiger partial charge < -0.3 is 9.31 Å². The van der Waals surface area contributed by atoms with E-state index in [0.717, 1.165) is 12.8 Å². The van der Waals surface area contributed by atoms with Crippen molar-refractivity contribution in [3.8, 4) is 0 Å². The molecule has 1 aliphatic heterocycles. The molecule has 0 atom stereocenters. The molecule has 2 aliphatic rings. The fourth-order valence-electron chi connectivity index (χ4n) is 3.37. The molecular weight excluding hydrogens is 259 g/mol. The van der Waals surface area contributed by atoms with E-state index in [1.807, 2.05) is 0 Å². The first kappa shape index (κ1) is 15.1. The molecule has 1 aromatic carbocycles. The van der Waals surface area contributed by atoms with Crippen molar-refractivity contribution in [2.45, 2.75) is 76.3 Å². The van der Waals surface area contributed by atoms with E-state index in [4.69, 9.17) is 9.31 Å². The Hall–Kier alpha value is -0.795. The topological polar surface area (TPSA) is 18.5 Å². The highest BCUT2D eigenvalue weighted by molar-refractivity contribution is 6.50. The Morgan fingerprint density at radius 3 is 2.00 bits per heavy atom. The second-order valence-electron chi connectivity index (χ2n) is 7.79. The van der Waals surface area contributed by atoms with Gasteiger partial charge in [0.15, 0.2) is 0 Å². The minimum Gasteiger partial charge on any atom is -0.403 e. The van der Waals surface area contributed by atoms with Crippen molar-refractivity contribution in [3.05, 3.63) is 35.9 Å². The maximum absolute atomic E-state index is 6.34. The first-order valence-corrected chi connectivity index (χ1v) is 8.24. The van der Waals surface area contributed by atoms with Crippen LogP contribution in [0.1, 0.15) is 58.9 Å². The molecule has 0 spiro atoms. The second kappa shape index (κ2) is 5.14. The van der Waals surface area contributed by atoms with Crippen LogP contribution in [0.5, 0.6) is 0 Å². The third-order valence-corrected chi connectivity index (χ3v) is 5.86. The lowest BCUT2D eigenvalue weighted by Gasteiger charge is -2.43. The summed E-state index contributed by atoms with van der Waals surface area (Å²) in [6, 6.07) is 10.8. The van der Waals surface area contributed by atoms with E-state index < -0.39 is 0 Å². The summed E-state index contributed by atoms with van der Waals surface area (Å²) in [7, 11) is -0.0417. The van der Waals surface area contributed by atoms with Gasteiger partial charge in [-0.15, -0.1) is 0 Å². The molecule has 21 heavy (non-hydrogen) atoms. The summed E-state index contributed by atoms with van der Waals surface area (Å²) >= 11 is 0. The standard InChI is InChI=1S/C18H27BO2/c1-16(2)17(3,4)21-19(20-16)18(12-8-13-18)14-11-15-9-6-5-7-10-15/h5-7,9-10H,8,11-14H2,1-4H3. The van der Waals surface area contributed by atoms with Crippen LogP contribution in [0.3, 0.4) is 0 Å². The van der Waals surface area contributed by atoms with Gasteiger partial charge in [0.2, 0.25) is 0 Å². The molecule has 0 N–H and O–H groups in total. The van der Waals surface area contributed by atoms with E-state index in [2.05, 4.69) is 58.0 Å². The van der Waals surface area contributed by atoms with Crippen LogP contribution < -0.4 is 0 Å². The highest BCUT2D eigenvalue weighted by Crippen LogP contribution is 2.58. The summed E-state index contributed by atoms with van der Waals surface area (Å²) in [5, 5.41) is 0.223. The van der Waals surface area contributed by atoms with Gasteiger partial charge in [-0.2, -0.15) is 0 Å². The third kappa shape index (κ3) is 2.66. The Labute approximate surface area is 129 Å². The van der Waals surface area contributed by atoms with Crippen LogP contribution in [0.25, 0.3) is 0 Å². The molecule has 0 radical (unpaired) electrons. The summed E-state index contributed by atoms with van der Waals surface area (Å²) in [6.45, 7) is 8.60. The molecule has 0 bridgehead atoms. The predicted octanol–water partition coefficient (Wildman–Crippen LogP) is 4.64. The Morgan fingerprint density at radius 1 is 0.952 bits per heavy atom. The average molecular weight is 286 g/mol. The molecule has 2 nitrogen and oxygen atoms in total. The highest BCUT2D eigenvalue weighted by Gasteiger charge is 2.60. The number of rotatable bonds is 4. The van der Waals surface area contributed by atoms with Gasteiger partial charge in [-0.25, -0.2) is 0 Å². The van der Waals surface area contributed by atoms with Crippen LogP contribution in [-0.4, -0.2) is 18.3 Å². The summed E-state index contributed by atoms with van der Waals surface area (Å²) in [5.41, 5.74) is 0.986. The molecular formula is C18H27BO2. The molecule has 2 fully saturated rings. The van der Waals surface area contributed by atoms with E-state index in [0.29, 0.717) is 0 Å². The fraction of sp³-hybridized carbons (Fsp3) is 0.667. The smallest absolute Gasteiger partial charge is 0.403 e. The molecule has 3 heteroatoms. The van der Waals surface area contributed by atoms with Crippen molar-refractivity contribution in [2.75, 3.05) is 0 Å². The van der Waals surface area contributed by atoms with Crippen molar-refractivity contribution in [1.82, 2.24) is 0 Å². The van der Waals surface area contributed by atoms with Crippen LogP contribution in [-0.2, 0) is 15.7 Å². The maximum atomic E-state index is 6.34. The van der Waals surface area contributed by atoms with Gasteiger partial charge in [-0.1, -0.05) is 36.8 Å². The van der Waals surface area contributed by atoms with Gasteiger partial charge >= 0.3 is 7.12 Å². The fourth-order valence-corrected chi connectivity index (χ4v) is 3.37. The van der Waals surface area contributed by atoms with Crippen LogP contribution in [0.4, 0.5) is 0 Å². The second-order valence-corrected chi connectivity index (χ2v) is 7.79. The van der Waals surface area contributed by atoms with Crippen molar-refractivity contribution < 1.29 is 9.31 Å². The summed E-state index contributed by atoms with van der Waals surface area (Å²) in [5.74, 6) is 0. The van der Waals surface area contributed by atoms with Crippen molar-refractivity contribution in [1.29, 1.82) is 0 Å². The third-order valence-electron chi connectivity index (χ3n) is 5.86. The van der Waals surface area contributed by atoms with E-state index in [1.54, 1.807) is 0 Å². The molecule has 114 valence electrons. The first-order chi connectivity index (χ1) is 9.85. The lowest BCUT2D eigenvalue weighted by Crippen LogP contribution is -2.41. The zero-order chi connectivity index (χ0) is 15.1. The van der Waals surface area contributed by atoms with E-state index in [9.17, 15) is 0 Å². The number of benzene rings is 1. The molecule has 0 aromatic heterocycles. The summed E-state index contributed by atoms with van der Waals surface area (Å²) in [4.78, 5) is 0. The normalized spacial score (nSPS) is 25.6. The molecule has 0 amide bonds. The molecule has 3 rings (SSSR count). The zero-order valence-corrected chi connectivity index (χ0v) is 13.8. The first-order valence-electron chi connectivity index (χ1n) is 8.24. The van der Waals surface area contributed by atoms with E-state index >= 15 is 0 Å². The maximum Gasteiger partial charge on any atom is 0.464 e. The van der Waals surface area contributed by atoms with Crippen LogP contribution in [0.2, 0.25) is 5.31 Å². The summed E-state index contributed by atoms with van der Waals surface area (Å²) in [6.07, 6.45) is 6.05. The van der Waals surface area contributed by atoms with Gasteiger partial charge in [-0.05, 0) is 58.9 Å². The Morgan fingerprint density at radius 2 is 1.52 bits per heavy atom. The van der Waals surface area contributed by atoms with Crippen molar-refractivity contribution in [3.63, 3.8) is 0 Å². The van der Waals surface area contributed by atoms with Gasteiger partial charge in [0, 0.05) is 5.31 Å². The van der Waals surface area contributed by atoms with Crippen molar-refractivity contribution in [2.24, 2.45) is 0 Å². The molecule has 1 heterocycles. The largest absolute Gasteiger partial charge is 0.464 e. The SMILES string of the molecule is CC1(C)OB(C2(CCc3ccccc3)CCC2)OC1(C)C. The molecule has 1 aliphatic carbocycles. The monoisotopic (exact) mass is 286 g/mol. The minimum absolute atomic E-state index is 0.0417. The molecule has 1 aromatic rings. The number of aryl methyl sites for hydroxylation is 1. The van der Waals surface area contributed by atoms with Gasteiger partial charge in [-0.3, -0.25) is 0 Å². The number of hydrogen-bond donors (Lipinski definition) is 0. The van der Waals surface area contributed by atoms with E-state index in [1.165, 1.54) is 24.8 Å². The summed E-state index contributed by atoms with van der Waals surface area (Å²) < 4.78 is 12.7. The average Bonchev–Trinajstić information content (AvgIpc) is 2.58. The van der Waals surface area contributed by atoms with Crippen LogP contribution in [0.15, 0.2) is 30.3 Å². The van der Waals surface area contributed by atoms with Crippen molar-refractivity contribution >= 4 is 7.12 Å². The lowest BCUT2D eigenvalue weighted by molar-refractivity contribution is 0.00578. The van der Waals surface area contributed by atoms with Crippen LogP contribution in [0, 0.1) is 0 Å². The van der Waals surface area contributed by atoms with Gasteiger partial charge in [0.05, 0.1) is 11.2 Å². The Kier molecular flexibility index (Phi) is 3.70.